The van der Waals surface area contributed by atoms with Crippen molar-refractivity contribution >= 4 is 28.4 Å². The summed E-state index contributed by atoms with van der Waals surface area (Å²) < 4.78 is 12.5. The highest BCUT2D eigenvalue weighted by molar-refractivity contribution is 6.09. The quantitative estimate of drug-likeness (QED) is 0.398. The van der Waals surface area contributed by atoms with Gasteiger partial charge in [0, 0.05) is 17.5 Å². The van der Waals surface area contributed by atoms with E-state index in [1.807, 2.05) is 37.3 Å². The first-order chi connectivity index (χ1) is 16.8. The zero-order valence-electron chi connectivity index (χ0n) is 20.0. The summed E-state index contributed by atoms with van der Waals surface area (Å²) in [5, 5.41) is 0.724. The van der Waals surface area contributed by atoms with Crippen LogP contribution in [0.1, 0.15) is 41.4 Å². The van der Waals surface area contributed by atoms with Gasteiger partial charge >= 0.3 is 5.69 Å². The number of aromatic amines is 1. The van der Waals surface area contributed by atoms with Crippen LogP contribution in [0.5, 0.6) is 5.75 Å². The molecule has 0 aliphatic heterocycles. The Morgan fingerprint density at radius 3 is 2.60 bits per heavy atom. The first-order valence-corrected chi connectivity index (χ1v) is 11.4. The third kappa shape index (κ3) is 4.57. The molecule has 4 aromatic rings. The van der Waals surface area contributed by atoms with E-state index in [2.05, 4.69) is 4.98 Å². The number of carbonyl (C=O) groups is 1. The number of amides is 1. The van der Waals surface area contributed by atoms with Crippen LogP contribution in [-0.2, 0) is 13.1 Å². The first kappa shape index (κ1) is 23.9. The van der Waals surface area contributed by atoms with Crippen LogP contribution in [0, 0.1) is 6.92 Å². The maximum Gasteiger partial charge on any atom is 0.330 e. The van der Waals surface area contributed by atoms with E-state index >= 15 is 0 Å². The van der Waals surface area contributed by atoms with Gasteiger partial charge in [-0.2, -0.15) is 0 Å². The van der Waals surface area contributed by atoms with Crippen molar-refractivity contribution in [3.05, 3.63) is 86.3 Å². The van der Waals surface area contributed by atoms with Gasteiger partial charge in [-0.3, -0.25) is 24.0 Å². The largest absolute Gasteiger partial charge is 0.497 e. The first-order valence-electron chi connectivity index (χ1n) is 11.4. The van der Waals surface area contributed by atoms with E-state index in [4.69, 9.17) is 14.9 Å². The molecule has 2 heterocycles. The zero-order valence-corrected chi connectivity index (χ0v) is 20.0. The van der Waals surface area contributed by atoms with Crippen molar-refractivity contribution in [3.8, 4) is 5.75 Å². The number of fused-ring (bicyclic) bond motifs is 1. The van der Waals surface area contributed by atoms with Crippen molar-refractivity contribution in [3.63, 3.8) is 0 Å². The molecule has 0 saturated carbocycles. The average Bonchev–Trinajstić information content (AvgIpc) is 3.19. The van der Waals surface area contributed by atoms with Gasteiger partial charge in [-0.15, -0.1) is 0 Å². The van der Waals surface area contributed by atoms with Gasteiger partial charge in [0.1, 0.15) is 17.2 Å². The Morgan fingerprint density at radius 1 is 1.17 bits per heavy atom. The van der Waals surface area contributed by atoms with Crippen LogP contribution >= 0.6 is 0 Å². The molecular formula is C26H28N4O5. The van der Waals surface area contributed by atoms with E-state index in [1.165, 1.54) is 9.47 Å². The second-order valence-electron chi connectivity index (χ2n) is 8.29. The molecule has 0 atom stereocenters. The molecule has 0 radical (unpaired) electrons. The normalized spacial score (nSPS) is 11.1. The van der Waals surface area contributed by atoms with Crippen LogP contribution in [0.4, 0.5) is 11.5 Å². The number of aryl methyl sites for hydroxylation is 1. The van der Waals surface area contributed by atoms with Crippen molar-refractivity contribution in [1.29, 1.82) is 0 Å². The highest BCUT2D eigenvalue weighted by Crippen LogP contribution is 2.31. The van der Waals surface area contributed by atoms with Gasteiger partial charge in [0.15, 0.2) is 11.4 Å². The number of ether oxygens (including phenoxy) is 1. The number of hydrogen-bond donors (Lipinski definition) is 2. The lowest BCUT2D eigenvalue weighted by molar-refractivity contribution is 0.0959. The monoisotopic (exact) mass is 476 g/mol. The van der Waals surface area contributed by atoms with Gasteiger partial charge in [-0.1, -0.05) is 43.7 Å². The SMILES string of the molecule is CCCCn1c(N)c(N(Cc2ccccc2)C(=O)c2oc3ccc(OC)cc3c2C)c(=O)[nH]c1=O. The number of nitrogen functional groups attached to an aromatic ring is 1. The molecule has 4 rings (SSSR count). The summed E-state index contributed by atoms with van der Waals surface area (Å²) in [6.45, 7) is 4.13. The van der Waals surface area contributed by atoms with E-state index in [0.29, 0.717) is 29.9 Å². The van der Waals surface area contributed by atoms with Crippen LogP contribution in [0.2, 0.25) is 0 Å². The molecule has 35 heavy (non-hydrogen) atoms. The van der Waals surface area contributed by atoms with E-state index in [1.54, 1.807) is 32.2 Å². The molecule has 0 saturated heterocycles. The minimum Gasteiger partial charge on any atom is -0.497 e. The number of benzene rings is 2. The second kappa shape index (κ2) is 9.92. The van der Waals surface area contributed by atoms with Crippen molar-refractivity contribution in [1.82, 2.24) is 9.55 Å². The number of nitrogens with two attached hydrogens (primary N) is 1. The molecule has 3 N–H and O–H groups in total. The highest BCUT2D eigenvalue weighted by atomic mass is 16.5. The van der Waals surface area contributed by atoms with Gasteiger partial charge in [-0.05, 0) is 37.1 Å². The number of hydrogen-bond acceptors (Lipinski definition) is 6. The molecule has 0 unspecified atom stereocenters. The number of furan rings is 1. The van der Waals surface area contributed by atoms with Gasteiger partial charge < -0.3 is 14.9 Å². The number of carbonyl (C=O) groups excluding carboxylic acids is 1. The summed E-state index contributed by atoms with van der Waals surface area (Å²) in [5.41, 5.74) is 6.82. The van der Waals surface area contributed by atoms with Crippen molar-refractivity contribution in [2.75, 3.05) is 17.7 Å². The van der Waals surface area contributed by atoms with E-state index < -0.39 is 17.2 Å². The molecule has 1 amide bonds. The van der Waals surface area contributed by atoms with Crippen molar-refractivity contribution in [2.45, 2.75) is 39.8 Å². The fourth-order valence-corrected chi connectivity index (χ4v) is 4.05. The maximum absolute atomic E-state index is 13.9. The Kier molecular flexibility index (Phi) is 6.77. The number of rotatable bonds is 8. The summed E-state index contributed by atoms with van der Waals surface area (Å²) in [6, 6.07) is 14.5. The predicted octanol–water partition coefficient (Wildman–Crippen LogP) is 3.83. The molecule has 0 fully saturated rings. The molecule has 0 aliphatic carbocycles. The average molecular weight is 477 g/mol. The highest BCUT2D eigenvalue weighted by Gasteiger charge is 2.29. The van der Waals surface area contributed by atoms with Gasteiger partial charge in [0.05, 0.1) is 13.7 Å². The summed E-state index contributed by atoms with van der Waals surface area (Å²) >= 11 is 0. The molecule has 2 aromatic carbocycles. The van der Waals surface area contributed by atoms with E-state index in [-0.39, 0.29) is 23.8 Å². The summed E-state index contributed by atoms with van der Waals surface area (Å²) in [4.78, 5) is 43.0. The Balaban J connectivity index is 1.89. The van der Waals surface area contributed by atoms with Crippen LogP contribution in [0.25, 0.3) is 11.0 Å². The molecule has 9 heteroatoms. The summed E-state index contributed by atoms with van der Waals surface area (Å²) in [6.07, 6.45) is 1.52. The summed E-state index contributed by atoms with van der Waals surface area (Å²) in [5.74, 6) is 0.103. The van der Waals surface area contributed by atoms with Gasteiger partial charge in [0.2, 0.25) is 0 Å². The van der Waals surface area contributed by atoms with E-state index in [0.717, 1.165) is 17.4 Å². The van der Waals surface area contributed by atoms with Crippen LogP contribution in [0.3, 0.4) is 0 Å². The number of anilines is 2. The Bertz CT molecular complexity index is 1480. The molecule has 0 aliphatic rings. The molecule has 0 spiro atoms. The smallest absolute Gasteiger partial charge is 0.330 e. The molecule has 182 valence electrons. The lowest BCUT2D eigenvalue weighted by atomic mass is 10.1. The van der Waals surface area contributed by atoms with Gasteiger partial charge in [0.25, 0.3) is 11.5 Å². The Morgan fingerprint density at radius 2 is 1.91 bits per heavy atom. The fourth-order valence-electron chi connectivity index (χ4n) is 4.05. The van der Waals surface area contributed by atoms with Gasteiger partial charge in [-0.25, -0.2) is 4.79 Å². The third-order valence-electron chi connectivity index (χ3n) is 5.99. The minimum absolute atomic E-state index is 0.0543. The number of nitrogens with one attached hydrogen (secondary N) is 1. The Labute approximate surface area is 201 Å². The Hall–Kier alpha value is -4.27. The van der Waals surface area contributed by atoms with Crippen LogP contribution in [0.15, 0.2) is 62.5 Å². The van der Waals surface area contributed by atoms with Crippen LogP contribution < -0.4 is 26.6 Å². The molecular weight excluding hydrogens is 448 g/mol. The van der Waals surface area contributed by atoms with Crippen LogP contribution in [-0.4, -0.2) is 22.6 Å². The number of unbranched alkanes of at least 4 members (excludes halogenated alkanes) is 1. The summed E-state index contributed by atoms with van der Waals surface area (Å²) in [7, 11) is 1.56. The fraction of sp³-hybridized carbons (Fsp3) is 0.269. The second-order valence-corrected chi connectivity index (χ2v) is 8.29. The number of aromatic nitrogens is 2. The lowest BCUT2D eigenvalue weighted by Crippen LogP contribution is -2.41. The topological polar surface area (TPSA) is 124 Å². The standard InChI is InChI=1S/C26H28N4O5/c1-4-5-13-29-23(27)21(24(31)28-26(29)33)30(15-17-9-7-6-8-10-17)25(32)22-16(2)19-14-18(34-3)11-12-20(19)35-22/h6-12,14H,4-5,13,15,27H2,1-3H3,(H,28,31,33). The zero-order chi connectivity index (χ0) is 25.1. The molecule has 9 nitrogen and oxygen atoms in total. The number of nitrogens with zero attached hydrogens (tertiary/aromatic N) is 2. The number of methoxy groups -OCH3 is 1. The van der Waals surface area contributed by atoms with Crippen molar-refractivity contribution in [2.24, 2.45) is 0 Å². The van der Waals surface area contributed by atoms with E-state index in [9.17, 15) is 14.4 Å². The molecule has 2 aromatic heterocycles. The minimum atomic E-state index is -0.736. The predicted molar refractivity (Wildman–Crippen MR) is 135 cm³/mol. The lowest BCUT2D eigenvalue weighted by Gasteiger charge is -2.24. The maximum atomic E-state index is 13.9. The number of H-pyrrole nitrogens is 1. The third-order valence-corrected chi connectivity index (χ3v) is 5.99. The van der Waals surface area contributed by atoms with Crippen molar-refractivity contribution < 1.29 is 13.9 Å². The molecule has 0 bridgehead atoms.